The number of esters is 1. The number of phenols is 1. The normalized spacial score (nSPS) is 13.1. The van der Waals surface area contributed by atoms with Crippen molar-refractivity contribution in [3.63, 3.8) is 0 Å². The Hall–Kier alpha value is -3.39. The van der Waals surface area contributed by atoms with Crippen LogP contribution in [0.4, 0.5) is 0 Å². The van der Waals surface area contributed by atoms with Crippen LogP contribution in [-0.2, 0) is 4.74 Å². The molecule has 0 spiro atoms. The van der Waals surface area contributed by atoms with Crippen molar-refractivity contribution in [1.82, 2.24) is 4.90 Å². The van der Waals surface area contributed by atoms with Gasteiger partial charge in [-0.3, -0.25) is 5.41 Å². The number of nitrogens with one attached hydrogen (secondary N) is 2. The van der Waals surface area contributed by atoms with E-state index in [0.717, 1.165) is 0 Å². The highest BCUT2D eigenvalue weighted by Gasteiger charge is 2.09. The number of nitrogens with zero attached hydrogens (tertiary/aromatic N) is 1. The molecule has 30 heavy (non-hydrogen) atoms. The highest BCUT2D eigenvalue weighted by molar-refractivity contribution is 5.95. The quantitative estimate of drug-likeness (QED) is 0.239. The molecule has 5 N–H and O–H groups in total. The van der Waals surface area contributed by atoms with E-state index < -0.39 is 5.97 Å². The molecule has 0 saturated carbocycles. The number of hydrogen-bond donors (Lipinski definition) is 4. The van der Waals surface area contributed by atoms with Crippen LogP contribution in [0.2, 0.25) is 0 Å². The Morgan fingerprint density at radius 1 is 1.13 bits per heavy atom. The summed E-state index contributed by atoms with van der Waals surface area (Å²) in [6.07, 6.45) is 4.01. The van der Waals surface area contributed by atoms with Gasteiger partial charge in [0.05, 0.1) is 5.56 Å². The molecular formula is C22H28N4O4. The maximum Gasteiger partial charge on any atom is 0.338 e. The third-order valence-corrected chi connectivity index (χ3v) is 4.49. The molecule has 0 aliphatic carbocycles. The maximum absolute atomic E-state index is 11.8. The van der Waals surface area contributed by atoms with E-state index >= 15 is 0 Å². The van der Waals surface area contributed by atoms with Gasteiger partial charge in [0.2, 0.25) is 0 Å². The lowest BCUT2D eigenvalue weighted by atomic mass is 10.1. The minimum Gasteiger partial charge on any atom is -0.504 e. The van der Waals surface area contributed by atoms with Gasteiger partial charge in [0, 0.05) is 11.8 Å². The first-order valence-corrected chi connectivity index (χ1v) is 9.67. The van der Waals surface area contributed by atoms with Crippen LogP contribution in [-0.4, -0.2) is 61.4 Å². The molecule has 0 aromatic heterocycles. The second-order valence-electron chi connectivity index (χ2n) is 6.86. The van der Waals surface area contributed by atoms with Crippen molar-refractivity contribution in [2.24, 2.45) is 5.73 Å². The van der Waals surface area contributed by atoms with E-state index in [0.29, 0.717) is 16.7 Å². The number of ether oxygens (including phenoxy) is 2. The van der Waals surface area contributed by atoms with Crippen LogP contribution in [0.25, 0.3) is 0 Å². The summed E-state index contributed by atoms with van der Waals surface area (Å²) in [6, 6.07) is 10.8. The monoisotopic (exact) mass is 412 g/mol. The Kier molecular flexibility index (Phi) is 8.83. The van der Waals surface area contributed by atoms with E-state index in [1.54, 1.807) is 24.3 Å². The summed E-state index contributed by atoms with van der Waals surface area (Å²) in [6.45, 7) is 2.67. The molecule has 1 saturated heterocycles. The van der Waals surface area contributed by atoms with Gasteiger partial charge in [-0.2, -0.15) is 0 Å². The number of nitrogen functional groups attached to an aromatic ring is 1. The number of likely N-dealkylation sites (tertiary alicyclic amines) is 1. The van der Waals surface area contributed by atoms with Crippen LogP contribution in [0.1, 0.15) is 34.3 Å². The lowest BCUT2D eigenvalue weighted by Crippen LogP contribution is -2.13. The molecule has 1 fully saturated rings. The summed E-state index contributed by atoms with van der Waals surface area (Å²) in [5, 5.41) is 24.1. The molecule has 1 heterocycles. The summed E-state index contributed by atoms with van der Waals surface area (Å²) in [7, 11) is 2.17. The minimum atomic E-state index is -0.503. The summed E-state index contributed by atoms with van der Waals surface area (Å²) in [5.74, 6) is -0.570. The third-order valence-electron chi connectivity index (χ3n) is 4.49. The average Bonchev–Trinajstić information content (AvgIpc) is 3.23. The third kappa shape index (κ3) is 7.21. The van der Waals surface area contributed by atoms with E-state index in [9.17, 15) is 9.90 Å². The van der Waals surface area contributed by atoms with Crippen molar-refractivity contribution in [2.45, 2.75) is 12.8 Å². The van der Waals surface area contributed by atoms with Gasteiger partial charge in [0.25, 0.3) is 0 Å². The van der Waals surface area contributed by atoms with E-state index in [4.69, 9.17) is 26.0 Å². The zero-order chi connectivity index (χ0) is 21.9. The number of nitrogens with two attached hydrogens (primary N) is 1. The zero-order valence-electron chi connectivity index (χ0n) is 17.1. The molecule has 0 radical (unpaired) electrons. The number of hydrogen-bond acceptors (Lipinski definition) is 7. The summed E-state index contributed by atoms with van der Waals surface area (Å²) >= 11 is 0. The molecule has 0 atom stereocenters. The van der Waals surface area contributed by atoms with Gasteiger partial charge in [-0.1, -0.05) is 12.1 Å². The van der Waals surface area contributed by atoms with Gasteiger partial charge in [-0.15, -0.1) is 0 Å². The Labute approximate surface area is 176 Å². The van der Waals surface area contributed by atoms with Gasteiger partial charge in [0.15, 0.2) is 11.5 Å². The Morgan fingerprint density at radius 2 is 1.77 bits per heavy atom. The van der Waals surface area contributed by atoms with Crippen LogP contribution in [0.15, 0.2) is 42.5 Å². The van der Waals surface area contributed by atoms with E-state index in [-0.39, 0.29) is 30.5 Å². The topological polar surface area (TPSA) is 133 Å². The molecule has 8 heteroatoms. The average molecular weight is 412 g/mol. The number of phenolic OH excluding ortho intramolecular Hbond substituents is 1. The predicted molar refractivity (Wildman–Crippen MR) is 116 cm³/mol. The Morgan fingerprint density at radius 3 is 2.30 bits per heavy atom. The number of rotatable bonds is 7. The fraction of sp³-hybridized carbons (Fsp3) is 0.318. The SMILES string of the molecule is CN1CCCC1.N=Cc1ccc(C(=O)OCCOc2cc(C(=N)N)ccc2O)cc1. The molecular weight excluding hydrogens is 384 g/mol. The summed E-state index contributed by atoms with van der Waals surface area (Å²) < 4.78 is 10.4. The van der Waals surface area contributed by atoms with E-state index in [2.05, 4.69) is 11.9 Å². The maximum atomic E-state index is 11.8. The Balaban J connectivity index is 0.000000456. The second-order valence-corrected chi connectivity index (χ2v) is 6.86. The van der Waals surface area contributed by atoms with Crippen LogP contribution >= 0.6 is 0 Å². The van der Waals surface area contributed by atoms with Gasteiger partial charge in [-0.05, 0) is 68.9 Å². The van der Waals surface area contributed by atoms with Crippen LogP contribution in [0.3, 0.4) is 0 Å². The Bertz CT molecular complexity index is 862. The highest BCUT2D eigenvalue weighted by atomic mass is 16.6. The largest absolute Gasteiger partial charge is 0.504 e. The molecule has 0 bridgehead atoms. The van der Waals surface area contributed by atoms with Crippen molar-refractivity contribution in [1.29, 1.82) is 10.8 Å². The number of carbonyl (C=O) groups excluding carboxylic acids is 1. The fourth-order valence-electron chi connectivity index (χ4n) is 2.76. The second kappa shape index (κ2) is 11.6. The highest BCUT2D eigenvalue weighted by Crippen LogP contribution is 2.26. The summed E-state index contributed by atoms with van der Waals surface area (Å²) in [4.78, 5) is 14.2. The molecule has 1 aliphatic rings. The molecule has 3 rings (SSSR count). The van der Waals surface area contributed by atoms with Crippen LogP contribution < -0.4 is 10.5 Å². The number of benzene rings is 2. The molecule has 2 aromatic carbocycles. The number of carbonyl (C=O) groups is 1. The van der Waals surface area contributed by atoms with Crippen molar-refractivity contribution in [3.8, 4) is 11.5 Å². The lowest BCUT2D eigenvalue weighted by Gasteiger charge is -2.10. The van der Waals surface area contributed by atoms with Gasteiger partial charge in [0.1, 0.15) is 19.0 Å². The van der Waals surface area contributed by atoms with Crippen molar-refractivity contribution < 1.29 is 19.4 Å². The van der Waals surface area contributed by atoms with Crippen LogP contribution in [0, 0.1) is 10.8 Å². The molecule has 2 aromatic rings. The number of amidine groups is 1. The fourth-order valence-corrected chi connectivity index (χ4v) is 2.76. The first-order valence-electron chi connectivity index (χ1n) is 9.67. The van der Waals surface area contributed by atoms with E-state index in [1.807, 2.05) is 0 Å². The predicted octanol–water partition coefficient (Wildman–Crippen LogP) is 2.62. The molecule has 160 valence electrons. The lowest BCUT2D eigenvalue weighted by molar-refractivity contribution is 0.0449. The molecule has 1 aliphatic heterocycles. The van der Waals surface area contributed by atoms with Crippen LogP contribution in [0.5, 0.6) is 11.5 Å². The standard InChI is InChI=1S/C17H17N3O4.C5H11N/c18-10-11-1-3-12(4-2-11)17(22)24-8-7-23-15-9-13(16(19)20)5-6-14(15)21;1-6-4-2-3-5-6/h1-6,9-10,18,21H,7-8H2,(H3,19,20);2-5H2,1H3. The minimum absolute atomic E-state index is 0.00507. The first-order chi connectivity index (χ1) is 14.4. The zero-order valence-corrected chi connectivity index (χ0v) is 17.1. The smallest absolute Gasteiger partial charge is 0.338 e. The van der Waals surface area contributed by atoms with Gasteiger partial charge >= 0.3 is 5.97 Å². The van der Waals surface area contributed by atoms with E-state index in [1.165, 1.54) is 50.3 Å². The molecule has 0 amide bonds. The summed E-state index contributed by atoms with van der Waals surface area (Å²) in [5.41, 5.74) is 6.86. The van der Waals surface area contributed by atoms with Gasteiger partial charge < -0.3 is 30.6 Å². The molecule has 8 nitrogen and oxygen atoms in total. The first kappa shape index (κ1) is 22.9. The van der Waals surface area contributed by atoms with Crippen molar-refractivity contribution in [2.75, 3.05) is 33.4 Å². The van der Waals surface area contributed by atoms with Gasteiger partial charge in [-0.25, -0.2) is 4.79 Å². The van der Waals surface area contributed by atoms with Crippen molar-refractivity contribution in [3.05, 3.63) is 59.2 Å². The molecule has 0 unspecified atom stereocenters. The number of aromatic hydroxyl groups is 1. The van der Waals surface area contributed by atoms with Crippen molar-refractivity contribution >= 4 is 18.0 Å².